The van der Waals surface area contributed by atoms with Crippen molar-refractivity contribution in [1.29, 1.82) is 0 Å². The van der Waals surface area contributed by atoms with Crippen molar-refractivity contribution in [3.8, 4) is 0 Å². The summed E-state index contributed by atoms with van der Waals surface area (Å²) < 4.78 is 4.84. The molecule has 152 valence electrons. The standard InChI is InChI=1S/C20H27N3O4S/c1-3-27-17(25)5-4-10-21-16(24)9-8-15-22-19(26)18-13-7-6-12(2)11-14(13)28-20(18)23-15/h12H,3-11H2,1-2H3,(H,21,24)(H,22,23,26). The fraction of sp³-hybridized carbons (Fsp3) is 0.600. The largest absolute Gasteiger partial charge is 0.466 e. The monoisotopic (exact) mass is 405 g/mol. The lowest BCUT2D eigenvalue weighted by Gasteiger charge is -2.17. The lowest BCUT2D eigenvalue weighted by molar-refractivity contribution is -0.143. The van der Waals surface area contributed by atoms with Crippen molar-refractivity contribution in [3.05, 3.63) is 26.6 Å². The molecule has 0 fully saturated rings. The first-order valence-corrected chi connectivity index (χ1v) is 10.7. The minimum Gasteiger partial charge on any atom is -0.466 e. The number of ether oxygens (including phenoxy) is 1. The number of carbonyl (C=O) groups is 2. The molecule has 28 heavy (non-hydrogen) atoms. The molecule has 1 aliphatic rings. The summed E-state index contributed by atoms with van der Waals surface area (Å²) in [5, 5.41) is 3.52. The maximum atomic E-state index is 12.6. The van der Waals surface area contributed by atoms with Crippen molar-refractivity contribution in [2.45, 2.75) is 58.8 Å². The molecule has 0 bridgehead atoms. The summed E-state index contributed by atoms with van der Waals surface area (Å²) >= 11 is 1.61. The Morgan fingerprint density at radius 2 is 2.18 bits per heavy atom. The highest BCUT2D eigenvalue weighted by molar-refractivity contribution is 7.18. The summed E-state index contributed by atoms with van der Waals surface area (Å²) in [4.78, 5) is 45.3. The average Bonchev–Trinajstić information content (AvgIpc) is 3.01. The van der Waals surface area contributed by atoms with Gasteiger partial charge in [0.25, 0.3) is 5.56 Å². The highest BCUT2D eigenvalue weighted by Crippen LogP contribution is 2.35. The zero-order valence-electron chi connectivity index (χ0n) is 16.4. The van der Waals surface area contributed by atoms with Gasteiger partial charge in [-0.3, -0.25) is 14.4 Å². The number of rotatable bonds is 8. The molecule has 1 unspecified atom stereocenters. The van der Waals surface area contributed by atoms with E-state index in [2.05, 4.69) is 22.2 Å². The van der Waals surface area contributed by atoms with Gasteiger partial charge in [-0.1, -0.05) is 6.92 Å². The normalized spacial score (nSPS) is 16.0. The number of hydrogen-bond acceptors (Lipinski definition) is 6. The van der Waals surface area contributed by atoms with Gasteiger partial charge in [0.1, 0.15) is 10.7 Å². The van der Waals surface area contributed by atoms with E-state index in [-0.39, 0.29) is 23.9 Å². The van der Waals surface area contributed by atoms with E-state index < -0.39 is 0 Å². The second-order valence-electron chi connectivity index (χ2n) is 7.30. The third kappa shape index (κ3) is 4.98. The first-order chi connectivity index (χ1) is 13.5. The summed E-state index contributed by atoms with van der Waals surface area (Å²) in [6, 6.07) is 0. The van der Waals surface area contributed by atoms with Crippen molar-refractivity contribution in [1.82, 2.24) is 15.3 Å². The van der Waals surface area contributed by atoms with Gasteiger partial charge in [-0.05, 0) is 44.1 Å². The van der Waals surface area contributed by atoms with Crippen LogP contribution in [0.5, 0.6) is 0 Å². The predicted octanol–water partition coefficient (Wildman–Crippen LogP) is 2.50. The zero-order chi connectivity index (χ0) is 20.1. The Balaban J connectivity index is 1.54. The molecular weight excluding hydrogens is 378 g/mol. The number of carbonyl (C=O) groups excluding carboxylic acids is 2. The lowest BCUT2D eigenvalue weighted by atomic mass is 9.89. The number of nitrogens with one attached hydrogen (secondary N) is 2. The summed E-state index contributed by atoms with van der Waals surface area (Å²) in [5.41, 5.74) is 1.07. The number of nitrogens with zero attached hydrogens (tertiary/aromatic N) is 1. The van der Waals surface area contributed by atoms with Gasteiger partial charge in [-0.25, -0.2) is 4.98 Å². The minimum atomic E-state index is -0.250. The van der Waals surface area contributed by atoms with Crippen molar-refractivity contribution < 1.29 is 14.3 Å². The number of hydrogen-bond donors (Lipinski definition) is 2. The van der Waals surface area contributed by atoms with Crippen LogP contribution in [0.1, 0.15) is 55.8 Å². The molecule has 7 nitrogen and oxygen atoms in total. The molecule has 8 heteroatoms. The third-order valence-electron chi connectivity index (χ3n) is 4.99. The maximum Gasteiger partial charge on any atom is 0.305 e. The second kappa shape index (κ2) is 9.32. The topological polar surface area (TPSA) is 101 Å². The average molecular weight is 406 g/mol. The van der Waals surface area contributed by atoms with E-state index in [9.17, 15) is 14.4 Å². The molecule has 2 aromatic heterocycles. The Bertz CT molecular complexity index is 918. The molecule has 0 aliphatic heterocycles. The highest BCUT2D eigenvalue weighted by atomic mass is 32.1. The molecule has 0 spiro atoms. The van der Waals surface area contributed by atoms with Crippen LogP contribution >= 0.6 is 11.3 Å². The van der Waals surface area contributed by atoms with Crippen LogP contribution in [0, 0.1) is 5.92 Å². The van der Waals surface area contributed by atoms with Gasteiger partial charge in [-0.2, -0.15) is 0 Å². The van der Waals surface area contributed by atoms with Gasteiger partial charge in [0.15, 0.2) is 0 Å². The van der Waals surface area contributed by atoms with Gasteiger partial charge >= 0.3 is 5.97 Å². The molecule has 1 aliphatic carbocycles. The number of aryl methyl sites for hydroxylation is 2. The molecule has 3 rings (SSSR count). The molecule has 0 saturated heterocycles. The Hall–Kier alpha value is -2.22. The molecule has 0 saturated carbocycles. The van der Waals surface area contributed by atoms with E-state index in [0.717, 1.165) is 35.0 Å². The Kier molecular flexibility index (Phi) is 6.83. The van der Waals surface area contributed by atoms with Crippen LogP contribution < -0.4 is 10.9 Å². The summed E-state index contributed by atoms with van der Waals surface area (Å²) in [6.07, 6.45) is 4.53. The van der Waals surface area contributed by atoms with Gasteiger partial charge in [0.05, 0.1) is 12.0 Å². The molecule has 2 N–H and O–H groups in total. The molecular formula is C20H27N3O4S. The number of amides is 1. The van der Waals surface area contributed by atoms with Crippen LogP contribution in [0.4, 0.5) is 0 Å². The van der Waals surface area contributed by atoms with E-state index in [1.54, 1.807) is 18.3 Å². The quantitative estimate of drug-likeness (QED) is 0.519. The van der Waals surface area contributed by atoms with Crippen LogP contribution in [-0.2, 0) is 33.6 Å². The second-order valence-corrected chi connectivity index (χ2v) is 8.39. The van der Waals surface area contributed by atoms with Crippen molar-refractivity contribution in [2.24, 2.45) is 5.92 Å². The van der Waals surface area contributed by atoms with Crippen molar-refractivity contribution in [3.63, 3.8) is 0 Å². The predicted molar refractivity (Wildman–Crippen MR) is 109 cm³/mol. The van der Waals surface area contributed by atoms with Gasteiger partial charge < -0.3 is 15.0 Å². The minimum absolute atomic E-state index is 0.0955. The van der Waals surface area contributed by atoms with E-state index >= 15 is 0 Å². The number of aromatic amines is 1. The van der Waals surface area contributed by atoms with Gasteiger partial charge in [-0.15, -0.1) is 11.3 Å². The van der Waals surface area contributed by atoms with E-state index in [1.165, 1.54) is 4.88 Å². The molecule has 1 amide bonds. The van der Waals surface area contributed by atoms with Crippen LogP contribution in [0.3, 0.4) is 0 Å². The first kappa shape index (κ1) is 20.5. The smallest absolute Gasteiger partial charge is 0.305 e. The van der Waals surface area contributed by atoms with Crippen molar-refractivity contribution >= 4 is 33.4 Å². The number of aromatic nitrogens is 2. The van der Waals surface area contributed by atoms with E-state index in [1.807, 2.05) is 0 Å². The number of thiophene rings is 1. The summed E-state index contributed by atoms with van der Waals surface area (Å²) in [5.74, 6) is 0.822. The molecule has 2 heterocycles. The van der Waals surface area contributed by atoms with Crippen LogP contribution in [-0.4, -0.2) is 35.0 Å². The number of fused-ring (bicyclic) bond motifs is 3. The number of esters is 1. The van der Waals surface area contributed by atoms with Crippen LogP contribution in [0.25, 0.3) is 10.2 Å². The molecule has 0 radical (unpaired) electrons. The first-order valence-electron chi connectivity index (χ1n) is 9.93. The SMILES string of the molecule is CCOC(=O)CCCNC(=O)CCc1nc2sc3c(c2c(=O)[nH]1)CCC(C)C3. The Labute approximate surface area is 167 Å². The third-order valence-corrected chi connectivity index (χ3v) is 6.14. The fourth-order valence-corrected chi connectivity index (χ4v) is 4.93. The van der Waals surface area contributed by atoms with Gasteiger partial charge in [0, 0.05) is 30.7 Å². The van der Waals surface area contributed by atoms with Crippen LogP contribution in [0.2, 0.25) is 0 Å². The summed E-state index contributed by atoms with van der Waals surface area (Å²) in [6.45, 7) is 4.80. The molecule has 2 aromatic rings. The zero-order valence-corrected chi connectivity index (χ0v) is 17.2. The van der Waals surface area contributed by atoms with Crippen LogP contribution in [0.15, 0.2) is 4.79 Å². The van der Waals surface area contributed by atoms with E-state index in [4.69, 9.17) is 4.74 Å². The summed E-state index contributed by atoms with van der Waals surface area (Å²) in [7, 11) is 0. The Morgan fingerprint density at radius 3 is 2.96 bits per heavy atom. The lowest BCUT2D eigenvalue weighted by Crippen LogP contribution is -2.25. The van der Waals surface area contributed by atoms with Gasteiger partial charge in [0.2, 0.25) is 5.91 Å². The van der Waals surface area contributed by atoms with Crippen molar-refractivity contribution in [2.75, 3.05) is 13.2 Å². The Morgan fingerprint density at radius 1 is 1.36 bits per heavy atom. The fourth-order valence-electron chi connectivity index (χ4n) is 3.53. The molecule has 1 atom stereocenters. The number of H-pyrrole nitrogens is 1. The maximum absolute atomic E-state index is 12.6. The molecule has 0 aromatic carbocycles. The highest BCUT2D eigenvalue weighted by Gasteiger charge is 2.23. The van der Waals surface area contributed by atoms with E-state index in [0.29, 0.717) is 44.2 Å².